The minimum absolute atomic E-state index is 0.311. The zero-order chi connectivity index (χ0) is 25.7. The SMILES string of the molecule is CC(C)(C)OC(=O)NC(C(=O)O)C(Cc1ccccc1)c1ncnc2c1ncn2Cc1ccccc1. The predicted molar refractivity (Wildman–Crippen MR) is 135 cm³/mol. The molecular weight excluding hydrogens is 458 g/mol. The van der Waals surface area contributed by atoms with Crippen molar-refractivity contribution in [1.82, 2.24) is 24.8 Å². The first-order valence-electron chi connectivity index (χ1n) is 11.7. The summed E-state index contributed by atoms with van der Waals surface area (Å²) in [4.78, 5) is 38.5. The molecule has 2 atom stereocenters. The Balaban J connectivity index is 1.75. The van der Waals surface area contributed by atoms with Crippen molar-refractivity contribution in [2.24, 2.45) is 0 Å². The van der Waals surface area contributed by atoms with Gasteiger partial charge in [0.25, 0.3) is 0 Å². The van der Waals surface area contributed by atoms with Gasteiger partial charge in [-0.3, -0.25) is 0 Å². The van der Waals surface area contributed by atoms with Crippen molar-refractivity contribution < 1.29 is 19.4 Å². The van der Waals surface area contributed by atoms with Crippen molar-refractivity contribution in [3.63, 3.8) is 0 Å². The summed E-state index contributed by atoms with van der Waals surface area (Å²) in [5.41, 5.74) is 2.72. The van der Waals surface area contributed by atoms with Crippen molar-refractivity contribution >= 4 is 23.2 Å². The molecule has 0 radical (unpaired) electrons. The molecule has 4 rings (SSSR count). The Morgan fingerprint density at radius 3 is 2.22 bits per heavy atom. The zero-order valence-corrected chi connectivity index (χ0v) is 20.5. The van der Waals surface area contributed by atoms with Crippen LogP contribution in [0.2, 0.25) is 0 Å². The molecule has 2 heterocycles. The lowest BCUT2D eigenvalue weighted by molar-refractivity contribution is -0.140. The number of fused-ring (bicyclic) bond motifs is 1. The number of carbonyl (C=O) groups excluding carboxylic acids is 1. The number of rotatable bonds is 8. The summed E-state index contributed by atoms with van der Waals surface area (Å²) >= 11 is 0. The number of nitrogens with one attached hydrogen (secondary N) is 1. The number of ether oxygens (including phenoxy) is 1. The van der Waals surface area contributed by atoms with E-state index in [-0.39, 0.29) is 0 Å². The van der Waals surface area contributed by atoms with Crippen molar-refractivity contribution in [1.29, 1.82) is 0 Å². The number of carboxylic acid groups (broad SMARTS) is 1. The van der Waals surface area contributed by atoms with Crippen LogP contribution in [-0.4, -0.2) is 48.3 Å². The summed E-state index contributed by atoms with van der Waals surface area (Å²) in [6, 6.07) is 18.1. The van der Waals surface area contributed by atoms with E-state index in [1.807, 2.05) is 65.2 Å². The molecule has 1 amide bonds. The van der Waals surface area contributed by atoms with Crippen LogP contribution in [0.4, 0.5) is 4.79 Å². The average Bonchev–Trinajstić information content (AvgIpc) is 3.24. The first kappa shape index (κ1) is 24.8. The molecule has 0 fully saturated rings. The number of aliphatic carboxylic acids is 1. The Bertz CT molecular complexity index is 1330. The Morgan fingerprint density at radius 1 is 0.972 bits per heavy atom. The highest BCUT2D eigenvalue weighted by Gasteiger charge is 2.35. The number of hydrogen-bond acceptors (Lipinski definition) is 6. The van der Waals surface area contributed by atoms with E-state index in [0.717, 1.165) is 11.1 Å². The fourth-order valence-corrected chi connectivity index (χ4v) is 4.08. The van der Waals surface area contributed by atoms with Crippen LogP contribution in [0.15, 0.2) is 73.3 Å². The van der Waals surface area contributed by atoms with Gasteiger partial charge >= 0.3 is 12.1 Å². The van der Waals surface area contributed by atoms with Crippen molar-refractivity contribution in [3.05, 3.63) is 90.1 Å². The van der Waals surface area contributed by atoms with Crippen molar-refractivity contribution in [2.75, 3.05) is 0 Å². The fraction of sp³-hybridized carbons (Fsp3) is 0.296. The fourth-order valence-electron chi connectivity index (χ4n) is 4.08. The molecule has 0 aliphatic carbocycles. The number of nitrogens with zero attached hydrogens (tertiary/aromatic N) is 4. The number of aromatic nitrogens is 4. The maximum absolute atomic E-state index is 12.6. The molecule has 2 unspecified atom stereocenters. The number of benzene rings is 2. The highest BCUT2D eigenvalue weighted by molar-refractivity contribution is 5.83. The molecule has 36 heavy (non-hydrogen) atoms. The zero-order valence-electron chi connectivity index (χ0n) is 20.5. The highest BCUT2D eigenvalue weighted by Crippen LogP contribution is 2.29. The lowest BCUT2D eigenvalue weighted by atomic mass is 9.88. The third-order valence-electron chi connectivity index (χ3n) is 5.62. The highest BCUT2D eigenvalue weighted by atomic mass is 16.6. The second-order valence-electron chi connectivity index (χ2n) is 9.55. The number of hydrogen-bond donors (Lipinski definition) is 2. The molecule has 2 aromatic heterocycles. The van der Waals surface area contributed by atoms with Crippen LogP contribution in [0.5, 0.6) is 0 Å². The Labute approximate surface area is 209 Å². The van der Waals surface area contributed by atoms with E-state index in [0.29, 0.717) is 29.8 Å². The molecule has 2 N–H and O–H groups in total. The van der Waals surface area contributed by atoms with Crippen LogP contribution in [0.1, 0.15) is 43.5 Å². The van der Waals surface area contributed by atoms with Crippen LogP contribution in [0, 0.1) is 0 Å². The molecule has 4 aromatic rings. The first-order chi connectivity index (χ1) is 17.2. The van der Waals surface area contributed by atoms with E-state index in [1.165, 1.54) is 6.33 Å². The predicted octanol–water partition coefficient (Wildman–Crippen LogP) is 4.18. The molecule has 0 saturated heterocycles. The largest absolute Gasteiger partial charge is 0.480 e. The summed E-state index contributed by atoms with van der Waals surface area (Å²) in [5.74, 6) is -1.93. The van der Waals surface area contributed by atoms with Crippen LogP contribution in [-0.2, 0) is 22.5 Å². The van der Waals surface area contributed by atoms with E-state index in [4.69, 9.17) is 4.74 Å². The average molecular weight is 488 g/mol. The number of carbonyl (C=O) groups is 2. The summed E-state index contributed by atoms with van der Waals surface area (Å²) in [6.07, 6.45) is 2.58. The minimum atomic E-state index is -1.31. The van der Waals surface area contributed by atoms with Gasteiger partial charge in [-0.05, 0) is 38.3 Å². The summed E-state index contributed by atoms with van der Waals surface area (Å²) < 4.78 is 7.24. The topological polar surface area (TPSA) is 119 Å². The smallest absolute Gasteiger partial charge is 0.408 e. The Morgan fingerprint density at radius 2 is 1.61 bits per heavy atom. The maximum Gasteiger partial charge on any atom is 0.408 e. The van der Waals surface area contributed by atoms with Gasteiger partial charge in [-0.25, -0.2) is 24.5 Å². The van der Waals surface area contributed by atoms with Gasteiger partial charge in [-0.15, -0.1) is 0 Å². The summed E-state index contributed by atoms with van der Waals surface area (Å²) in [6.45, 7) is 5.71. The Hall–Kier alpha value is -4.27. The van der Waals surface area contributed by atoms with Gasteiger partial charge in [-0.1, -0.05) is 60.7 Å². The molecule has 0 aliphatic heterocycles. The van der Waals surface area contributed by atoms with E-state index >= 15 is 0 Å². The molecule has 0 bridgehead atoms. The molecule has 0 saturated carbocycles. The van der Waals surface area contributed by atoms with Crippen molar-refractivity contribution in [3.8, 4) is 0 Å². The quantitative estimate of drug-likeness (QED) is 0.383. The standard InChI is InChI=1S/C27H29N5O4/c1-27(2,3)36-26(35)31-22(25(33)34)20(14-18-10-6-4-7-11-18)21-23-24(29-16-28-21)32(17-30-23)15-19-12-8-5-9-13-19/h4-13,16-17,20,22H,14-15H2,1-3H3,(H,31,35)(H,33,34). The first-order valence-corrected chi connectivity index (χ1v) is 11.7. The number of alkyl carbamates (subject to hydrolysis) is 1. The number of amides is 1. The van der Waals surface area contributed by atoms with Gasteiger partial charge in [-0.2, -0.15) is 0 Å². The lowest BCUT2D eigenvalue weighted by Crippen LogP contribution is -2.47. The van der Waals surface area contributed by atoms with Gasteiger partial charge < -0.3 is 19.7 Å². The van der Waals surface area contributed by atoms with E-state index in [9.17, 15) is 14.7 Å². The molecule has 0 aliphatic rings. The number of carboxylic acids is 1. The van der Waals surface area contributed by atoms with Crippen LogP contribution >= 0.6 is 0 Å². The van der Waals surface area contributed by atoms with Gasteiger partial charge in [0.2, 0.25) is 0 Å². The van der Waals surface area contributed by atoms with Gasteiger partial charge in [0.05, 0.1) is 18.6 Å². The van der Waals surface area contributed by atoms with Crippen LogP contribution in [0.3, 0.4) is 0 Å². The van der Waals surface area contributed by atoms with Gasteiger partial charge in [0.15, 0.2) is 5.65 Å². The monoisotopic (exact) mass is 487 g/mol. The summed E-state index contributed by atoms with van der Waals surface area (Å²) in [7, 11) is 0. The third-order valence-corrected chi connectivity index (χ3v) is 5.62. The van der Waals surface area contributed by atoms with Gasteiger partial charge in [0.1, 0.15) is 23.5 Å². The van der Waals surface area contributed by atoms with Crippen LogP contribution < -0.4 is 5.32 Å². The van der Waals surface area contributed by atoms with E-state index < -0.39 is 29.6 Å². The second-order valence-corrected chi connectivity index (χ2v) is 9.55. The Kier molecular flexibility index (Phi) is 7.28. The molecule has 2 aromatic carbocycles. The molecule has 9 heteroatoms. The summed E-state index contributed by atoms with van der Waals surface area (Å²) in [5, 5.41) is 12.7. The second kappa shape index (κ2) is 10.6. The van der Waals surface area contributed by atoms with Crippen LogP contribution in [0.25, 0.3) is 11.2 Å². The van der Waals surface area contributed by atoms with E-state index in [2.05, 4.69) is 20.3 Å². The maximum atomic E-state index is 12.6. The number of imidazole rings is 1. The normalized spacial score (nSPS) is 13.2. The minimum Gasteiger partial charge on any atom is -0.480 e. The van der Waals surface area contributed by atoms with Gasteiger partial charge in [0, 0.05) is 5.92 Å². The lowest BCUT2D eigenvalue weighted by Gasteiger charge is -2.27. The van der Waals surface area contributed by atoms with Crippen molar-refractivity contribution in [2.45, 2.75) is 51.3 Å². The molecule has 9 nitrogen and oxygen atoms in total. The third kappa shape index (κ3) is 6.04. The molecule has 0 spiro atoms. The molecule has 186 valence electrons. The van der Waals surface area contributed by atoms with E-state index in [1.54, 1.807) is 27.1 Å². The molecular formula is C27H29N5O4.